The zero-order valence-electron chi connectivity index (χ0n) is 13.2. The maximum atomic E-state index is 5.45. The molecule has 0 aliphatic heterocycles. The molecule has 0 radical (unpaired) electrons. The monoisotopic (exact) mass is 275 g/mol. The van der Waals surface area contributed by atoms with Crippen LogP contribution in [0.4, 0.5) is 0 Å². The van der Waals surface area contributed by atoms with E-state index in [2.05, 4.69) is 37.4 Å². The van der Waals surface area contributed by atoms with Gasteiger partial charge in [0.05, 0.1) is 7.11 Å². The minimum Gasteiger partial charge on any atom is -0.496 e. The molecule has 0 saturated heterocycles. The second-order valence-corrected chi connectivity index (χ2v) is 6.45. The van der Waals surface area contributed by atoms with Crippen molar-refractivity contribution < 1.29 is 4.74 Å². The second-order valence-electron chi connectivity index (χ2n) is 6.45. The van der Waals surface area contributed by atoms with E-state index >= 15 is 0 Å². The lowest BCUT2D eigenvalue weighted by molar-refractivity contribution is 0.281. The van der Waals surface area contributed by atoms with E-state index in [-0.39, 0.29) is 0 Å². The number of unbranched alkanes of at least 4 members (excludes halogenated alkanes) is 1. The van der Waals surface area contributed by atoms with Crippen LogP contribution in [0.1, 0.15) is 57.4 Å². The molecule has 20 heavy (non-hydrogen) atoms. The fourth-order valence-electron chi connectivity index (χ4n) is 3.03. The average molecular weight is 275 g/mol. The van der Waals surface area contributed by atoms with Crippen molar-refractivity contribution in [2.45, 2.75) is 57.9 Å². The van der Waals surface area contributed by atoms with Crippen LogP contribution in [0.25, 0.3) is 0 Å². The average Bonchev–Trinajstić information content (AvgIpc) is 2.40. The van der Waals surface area contributed by atoms with Crippen LogP contribution in [0.15, 0.2) is 24.3 Å². The highest BCUT2D eigenvalue weighted by atomic mass is 16.5. The van der Waals surface area contributed by atoms with E-state index in [0.717, 1.165) is 11.7 Å². The molecule has 1 aliphatic carbocycles. The van der Waals surface area contributed by atoms with E-state index in [1.165, 1.54) is 44.2 Å². The van der Waals surface area contributed by atoms with Crippen LogP contribution in [0.5, 0.6) is 5.75 Å². The highest BCUT2D eigenvalue weighted by Gasteiger charge is 2.31. The van der Waals surface area contributed by atoms with Gasteiger partial charge in [-0.2, -0.15) is 0 Å². The minimum atomic E-state index is 0.680. The van der Waals surface area contributed by atoms with Crippen molar-refractivity contribution in [3.05, 3.63) is 29.8 Å². The van der Waals surface area contributed by atoms with Crippen molar-refractivity contribution in [2.24, 2.45) is 5.92 Å². The Hall–Kier alpha value is -1.02. The van der Waals surface area contributed by atoms with Crippen molar-refractivity contribution >= 4 is 0 Å². The van der Waals surface area contributed by atoms with Gasteiger partial charge in [-0.05, 0) is 49.3 Å². The Kier molecular flexibility index (Phi) is 5.90. The van der Waals surface area contributed by atoms with Crippen molar-refractivity contribution in [3.8, 4) is 5.75 Å². The maximum absolute atomic E-state index is 5.45. The summed E-state index contributed by atoms with van der Waals surface area (Å²) >= 11 is 0. The Morgan fingerprint density at radius 1 is 1.20 bits per heavy atom. The number of rotatable bonds is 8. The molecule has 2 heteroatoms. The predicted octanol–water partition coefficient (Wildman–Crippen LogP) is 4.36. The first-order valence-electron chi connectivity index (χ1n) is 8.07. The molecule has 0 heterocycles. The molecule has 0 bridgehead atoms. The van der Waals surface area contributed by atoms with Crippen LogP contribution in [-0.4, -0.2) is 19.7 Å². The zero-order chi connectivity index (χ0) is 14.4. The number of hydrogen-bond acceptors (Lipinski definition) is 2. The van der Waals surface area contributed by atoms with E-state index in [9.17, 15) is 0 Å². The number of nitrogens with one attached hydrogen (secondary N) is 1. The van der Waals surface area contributed by atoms with Gasteiger partial charge in [0.25, 0.3) is 0 Å². The van der Waals surface area contributed by atoms with Crippen LogP contribution in [0, 0.1) is 5.92 Å². The summed E-state index contributed by atoms with van der Waals surface area (Å²) in [6.45, 7) is 5.78. The Morgan fingerprint density at radius 2 is 1.95 bits per heavy atom. The van der Waals surface area contributed by atoms with Gasteiger partial charge in [0.2, 0.25) is 0 Å². The largest absolute Gasteiger partial charge is 0.496 e. The third kappa shape index (κ3) is 4.24. The molecule has 0 unspecified atom stereocenters. The molecule has 2 rings (SSSR count). The predicted molar refractivity (Wildman–Crippen MR) is 85.4 cm³/mol. The highest BCUT2D eigenvalue weighted by Crippen LogP contribution is 2.40. The standard InChI is InChI=1S/C18H29NO/c1-14(2)8-6-7-11-19-16-12-15(13-16)17-9-4-5-10-18(17)20-3/h4-5,9-10,14-16,19H,6-8,11-13H2,1-3H3. The summed E-state index contributed by atoms with van der Waals surface area (Å²) in [5, 5.41) is 3.69. The number of methoxy groups -OCH3 is 1. The number of hydrogen-bond donors (Lipinski definition) is 1. The lowest BCUT2D eigenvalue weighted by Gasteiger charge is -2.37. The summed E-state index contributed by atoms with van der Waals surface area (Å²) in [4.78, 5) is 0. The third-order valence-electron chi connectivity index (χ3n) is 4.36. The summed E-state index contributed by atoms with van der Waals surface area (Å²) in [5.41, 5.74) is 1.38. The molecule has 1 saturated carbocycles. The number of ether oxygens (including phenoxy) is 1. The van der Waals surface area contributed by atoms with E-state index < -0.39 is 0 Å². The van der Waals surface area contributed by atoms with E-state index in [0.29, 0.717) is 12.0 Å². The van der Waals surface area contributed by atoms with Crippen LogP contribution in [-0.2, 0) is 0 Å². The van der Waals surface area contributed by atoms with E-state index in [4.69, 9.17) is 4.74 Å². The zero-order valence-corrected chi connectivity index (χ0v) is 13.2. The molecule has 112 valence electrons. The van der Waals surface area contributed by atoms with E-state index in [1.54, 1.807) is 7.11 Å². The summed E-state index contributed by atoms with van der Waals surface area (Å²) < 4.78 is 5.45. The molecule has 0 aromatic heterocycles. The fraction of sp³-hybridized carbons (Fsp3) is 0.667. The molecule has 1 N–H and O–H groups in total. The Labute approximate surface area is 123 Å². The summed E-state index contributed by atoms with van der Waals surface area (Å²) in [6, 6.07) is 9.16. The first-order chi connectivity index (χ1) is 9.70. The van der Waals surface area contributed by atoms with Gasteiger partial charge in [0.1, 0.15) is 5.75 Å². The Balaban J connectivity index is 1.65. The van der Waals surface area contributed by atoms with Crippen LogP contribution < -0.4 is 10.1 Å². The number of benzene rings is 1. The fourth-order valence-corrected chi connectivity index (χ4v) is 3.03. The Bertz CT molecular complexity index is 396. The molecule has 0 amide bonds. The Morgan fingerprint density at radius 3 is 2.65 bits per heavy atom. The molecular weight excluding hydrogens is 246 g/mol. The molecule has 1 aromatic carbocycles. The first-order valence-corrected chi connectivity index (χ1v) is 8.07. The lowest BCUT2D eigenvalue weighted by atomic mass is 9.75. The minimum absolute atomic E-state index is 0.680. The maximum Gasteiger partial charge on any atom is 0.122 e. The second kappa shape index (κ2) is 7.68. The van der Waals surface area contributed by atoms with Gasteiger partial charge in [0.15, 0.2) is 0 Å². The first kappa shape index (κ1) is 15.4. The number of para-hydroxylation sites is 1. The molecular formula is C18H29NO. The highest BCUT2D eigenvalue weighted by molar-refractivity contribution is 5.37. The van der Waals surface area contributed by atoms with Gasteiger partial charge >= 0.3 is 0 Å². The third-order valence-corrected chi connectivity index (χ3v) is 4.36. The normalized spacial score (nSPS) is 21.8. The van der Waals surface area contributed by atoms with E-state index in [1.807, 2.05) is 6.07 Å². The van der Waals surface area contributed by atoms with Crippen LogP contribution >= 0.6 is 0 Å². The van der Waals surface area contributed by atoms with Crippen molar-refractivity contribution in [1.82, 2.24) is 5.32 Å². The van der Waals surface area contributed by atoms with Crippen LogP contribution in [0.3, 0.4) is 0 Å². The molecule has 1 aliphatic rings. The van der Waals surface area contributed by atoms with Gasteiger partial charge in [0, 0.05) is 6.04 Å². The van der Waals surface area contributed by atoms with Crippen molar-refractivity contribution in [3.63, 3.8) is 0 Å². The van der Waals surface area contributed by atoms with Gasteiger partial charge < -0.3 is 10.1 Å². The molecule has 0 spiro atoms. The smallest absolute Gasteiger partial charge is 0.122 e. The van der Waals surface area contributed by atoms with Crippen molar-refractivity contribution in [1.29, 1.82) is 0 Å². The summed E-state index contributed by atoms with van der Waals surface area (Å²) in [5.74, 6) is 2.57. The summed E-state index contributed by atoms with van der Waals surface area (Å²) in [6.07, 6.45) is 6.53. The molecule has 1 fully saturated rings. The van der Waals surface area contributed by atoms with Gasteiger partial charge in [-0.25, -0.2) is 0 Å². The SMILES string of the molecule is COc1ccccc1C1CC(NCCCCC(C)C)C1. The van der Waals surface area contributed by atoms with Gasteiger partial charge in [-0.1, -0.05) is 44.9 Å². The molecule has 0 atom stereocenters. The topological polar surface area (TPSA) is 21.3 Å². The van der Waals surface area contributed by atoms with Crippen molar-refractivity contribution in [2.75, 3.05) is 13.7 Å². The lowest BCUT2D eigenvalue weighted by Crippen LogP contribution is -2.40. The van der Waals surface area contributed by atoms with Gasteiger partial charge in [-0.3, -0.25) is 0 Å². The molecule has 2 nitrogen and oxygen atoms in total. The molecule has 1 aromatic rings. The van der Waals surface area contributed by atoms with Gasteiger partial charge in [-0.15, -0.1) is 0 Å². The van der Waals surface area contributed by atoms with Crippen LogP contribution in [0.2, 0.25) is 0 Å². The quantitative estimate of drug-likeness (QED) is 0.712. The summed E-state index contributed by atoms with van der Waals surface area (Å²) in [7, 11) is 1.77.